The Kier molecular flexibility index (Phi) is 43.3. The van der Waals surface area contributed by atoms with Crippen LogP contribution < -0.4 is 9.47 Å². The molecule has 0 aliphatic heterocycles. The van der Waals surface area contributed by atoms with E-state index in [1.54, 1.807) is 27.7 Å². The van der Waals surface area contributed by atoms with Crippen LogP contribution in [0.25, 0.3) is 0 Å². The largest absolute Gasteiger partial charge is 0.486 e. The van der Waals surface area contributed by atoms with Crippen molar-refractivity contribution in [1.29, 1.82) is 0 Å². The van der Waals surface area contributed by atoms with E-state index >= 15 is 0 Å². The maximum Gasteiger partial charge on any atom is 0.311 e. The molecule has 93 heavy (non-hydrogen) atoms. The van der Waals surface area contributed by atoms with Gasteiger partial charge in [-0.25, -0.2) is 0 Å². The first-order valence-corrected chi connectivity index (χ1v) is 32.8. The van der Waals surface area contributed by atoms with Crippen molar-refractivity contribution >= 4 is 41.4 Å². The summed E-state index contributed by atoms with van der Waals surface area (Å²) in [5.74, 6) is -0.142. The zero-order valence-electron chi connectivity index (χ0n) is 61.4. The highest BCUT2D eigenvalue weighted by Gasteiger charge is 2.30. The number of Topliss-reactive ketones (excluding diaryl/α,β-unsaturated/α-hetero) is 2. The van der Waals surface area contributed by atoms with Crippen LogP contribution in [0.15, 0.2) is 109 Å². The van der Waals surface area contributed by atoms with E-state index in [4.69, 9.17) is 39.4 Å². The predicted molar refractivity (Wildman–Crippen MR) is 374 cm³/mol. The molecule has 0 amide bonds. The Morgan fingerprint density at radius 2 is 0.624 bits per heavy atom. The van der Waals surface area contributed by atoms with Gasteiger partial charge in [-0.15, -0.1) is 0 Å². The number of rotatable bonds is 28. The van der Waals surface area contributed by atoms with Gasteiger partial charge in [0.1, 0.15) is 37.9 Å². The summed E-state index contributed by atoms with van der Waals surface area (Å²) in [4.78, 5) is 77.3. The third-order valence-electron chi connectivity index (χ3n) is 17.3. The number of carbonyl (C=O) groups is 7. The summed E-state index contributed by atoms with van der Waals surface area (Å²) in [6.45, 7) is 44.5. The van der Waals surface area contributed by atoms with Crippen LogP contribution in [0.5, 0.6) is 11.5 Å². The van der Waals surface area contributed by atoms with Gasteiger partial charge in [0.2, 0.25) is 0 Å². The lowest BCUT2D eigenvalue weighted by atomic mass is 9.78. The van der Waals surface area contributed by atoms with Crippen molar-refractivity contribution in [1.82, 2.24) is 0 Å². The average Bonchev–Trinajstić information content (AvgIpc) is 0.888. The molecule has 0 fully saturated rings. The van der Waals surface area contributed by atoms with E-state index in [9.17, 15) is 33.6 Å². The van der Waals surface area contributed by atoms with Crippen LogP contribution in [0.4, 0.5) is 0 Å². The predicted octanol–water partition coefficient (Wildman–Crippen LogP) is 16.5. The SMILES string of the molecule is CCC(C)(C)C(=O)O.CCC(C)(C)C(=O)O.CCC(C)(C)C(=O)OC.CCC(C)(C)C(=O)OCCO.CCC(C)(C)C(=O)OCCO.CCC(C)C(=O)COc1ccc(C(C)(C)c2ccccc2)cc1.CCC(C)C(=O)COc1ccc(C(C)(C)c2ccccc2)cc1. The van der Waals surface area contributed by atoms with Crippen molar-refractivity contribution in [3.05, 3.63) is 131 Å². The molecular formula is C77H122O16. The first kappa shape index (κ1) is 90.3. The third kappa shape index (κ3) is 34.7. The van der Waals surface area contributed by atoms with Gasteiger partial charge in [-0.3, -0.25) is 33.6 Å². The number of hydrogen-bond acceptors (Lipinski definition) is 14. The van der Waals surface area contributed by atoms with Gasteiger partial charge in [0, 0.05) is 22.7 Å². The number of carboxylic acid groups (broad SMARTS) is 2. The minimum absolute atomic E-state index is 0.0614. The Hall–Kier alpha value is -6.91. The molecule has 4 aromatic rings. The van der Waals surface area contributed by atoms with Crippen molar-refractivity contribution in [2.24, 2.45) is 38.9 Å². The summed E-state index contributed by atoms with van der Waals surface area (Å²) in [6.07, 6.45) is 5.39. The van der Waals surface area contributed by atoms with Crippen LogP contribution in [0, 0.1) is 38.9 Å². The second kappa shape index (κ2) is 44.6. The van der Waals surface area contributed by atoms with Crippen LogP contribution in [0.3, 0.4) is 0 Å². The second-order valence-electron chi connectivity index (χ2n) is 27.2. The first-order valence-electron chi connectivity index (χ1n) is 32.8. The van der Waals surface area contributed by atoms with Gasteiger partial charge < -0.3 is 44.1 Å². The minimum Gasteiger partial charge on any atom is -0.486 e. The number of ether oxygens (including phenoxy) is 5. The highest BCUT2D eigenvalue weighted by molar-refractivity contribution is 5.82. The third-order valence-corrected chi connectivity index (χ3v) is 17.3. The summed E-state index contributed by atoms with van der Waals surface area (Å²) in [7, 11) is 1.42. The van der Waals surface area contributed by atoms with Crippen molar-refractivity contribution in [3.8, 4) is 11.5 Å². The van der Waals surface area contributed by atoms with E-state index in [0.29, 0.717) is 12.8 Å². The van der Waals surface area contributed by atoms with Gasteiger partial charge in [-0.05, 0) is 161 Å². The second-order valence-corrected chi connectivity index (χ2v) is 27.2. The summed E-state index contributed by atoms with van der Waals surface area (Å²) < 4.78 is 25.3. The molecule has 0 heterocycles. The minimum atomic E-state index is -0.722. The number of aliphatic hydroxyl groups is 2. The molecule has 0 saturated carbocycles. The highest BCUT2D eigenvalue weighted by atomic mass is 16.5. The molecule has 0 radical (unpaired) electrons. The zero-order valence-corrected chi connectivity index (χ0v) is 61.4. The van der Waals surface area contributed by atoms with E-state index in [1.807, 2.05) is 140 Å². The van der Waals surface area contributed by atoms with Crippen LogP contribution in [-0.4, -0.2) is 109 Å². The number of methoxy groups -OCH3 is 1. The Bertz CT molecular complexity index is 2570. The van der Waals surface area contributed by atoms with Crippen molar-refractivity contribution in [3.63, 3.8) is 0 Å². The molecule has 16 nitrogen and oxygen atoms in total. The number of ketones is 2. The van der Waals surface area contributed by atoms with Crippen LogP contribution in [0.1, 0.15) is 226 Å². The summed E-state index contributed by atoms with van der Waals surface area (Å²) in [6, 6.07) is 37.0. The van der Waals surface area contributed by atoms with Gasteiger partial charge in [0.05, 0.1) is 47.4 Å². The van der Waals surface area contributed by atoms with Gasteiger partial charge in [-0.1, -0.05) is 175 Å². The van der Waals surface area contributed by atoms with Crippen molar-refractivity contribution in [2.45, 2.75) is 215 Å². The number of carboxylic acids is 2. The van der Waals surface area contributed by atoms with E-state index in [2.05, 4.69) is 105 Å². The monoisotopic (exact) mass is 1300 g/mol. The number of hydrogen-bond donors (Lipinski definition) is 4. The van der Waals surface area contributed by atoms with E-state index in [1.165, 1.54) is 29.4 Å². The summed E-state index contributed by atoms with van der Waals surface area (Å²) in [5, 5.41) is 33.6. The Balaban J connectivity index is -0.00000107. The summed E-state index contributed by atoms with van der Waals surface area (Å²) in [5.41, 5.74) is 2.65. The molecular weight excluding hydrogens is 1180 g/mol. The van der Waals surface area contributed by atoms with E-state index in [-0.39, 0.29) is 97.2 Å². The molecule has 0 aromatic heterocycles. The topological polar surface area (TPSA) is 247 Å². The van der Waals surface area contributed by atoms with Crippen molar-refractivity contribution in [2.75, 3.05) is 46.8 Å². The van der Waals surface area contributed by atoms with Gasteiger partial charge in [0.15, 0.2) is 11.6 Å². The molecule has 526 valence electrons. The number of aliphatic hydroxyl groups excluding tert-OH is 2. The quantitative estimate of drug-likeness (QED) is 0.0305. The van der Waals surface area contributed by atoms with Crippen LogP contribution in [-0.2, 0) is 58.6 Å². The smallest absolute Gasteiger partial charge is 0.311 e. The summed E-state index contributed by atoms with van der Waals surface area (Å²) >= 11 is 0. The number of carbonyl (C=O) groups excluding carboxylic acids is 5. The normalized spacial score (nSPS) is 12.0. The van der Waals surface area contributed by atoms with Gasteiger partial charge in [-0.2, -0.15) is 0 Å². The molecule has 4 rings (SSSR count). The van der Waals surface area contributed by atoms with Gasteiger partial charge >= 0.3 is 29.8 Å². The average molecular weight is 1300 g/mol. The number of aliphatic carboxylic acids is 2. The molecule has 16 heteroatoms. The molecule has 2 unspecified atom stereocenters. The van der Waals surface area contributed by atoms with Crippen LogP contribution in [0.2, 0.25) is 0 Å². The fraction of sp³-hybridized carbons (Fsp3) is 0.597. The van der Waals surface area contributed by atoms with Gasteiger partial charge in [0.25, 0.3) is 0 Å². The molecule has 2 atom stereocenters. The van der Waals surface area contributed by atoms with Crippen LogP contribution >= 0.6 is 0 Å². The standard InChI is InChI=1S/2C21H26O2.2C8H16O3.C7H14O2.2C6H12O2/c2*1-5-16(2)20(22)15-23-19-13-11-18(12-14-19)21(3,4)17-9-7-6-8-10-17;2*1-4-8(2,3)7(10)11-6-5-9;1-5-7(2,3)6(8)9-4;2*1-4-6(2,3)5(7)8/h2*6-14,16H,5,15H2,1-4H3;2*9H,4-6H2,1-3H3;5H2,1-4H3;2*4H2,1-3H3,(H,7,8). The fourth-order valence-electron chi connectivity index (χ4n) is 6.71. The molecule has 0 aliphatic rings. The molecule has 0 aliphatic carbocycles. The zero-order chi connectivity index (χ0) is 72.6. The number of esters is 3. The lowest BCUT2D eigenvalue weighted by Gasteiger charge is -2.26. The maximum absolute atomic E-state index is 11.8. The molecule has 4 N–H and O–H groups in total. The lowest BCUT2D eigenvalue weighted by molar-refractivity contribution is -0.155. The Morgan fingerprint density at radius 1 is 0.376 bits per heavy atom. The first-order chi connectivity index (χ1) is 43.0. The lowest BCUT2D eigenvalue weighted by Crippen LogP contribution is -2.26. The maximum atomic E-state index is 11.8. The Labute approximate surface area is 560 Å². The van der Waals surface area contributed by atoms with Crippen molar-refractivity contribution < 1.29 is 77.7 Å². The molecule has 0 saturated heterocycles. The molecule has 0 spiro atoms. The molecule has 4 aromatic carbocycles. The number of benzene rings is 4. The van der Waals surface area contributed by atoms with E-state index < -0.39 is 33.6 Å². The Morgan fingerprint density at radius 3 is 0.817 bits per heavy atom. The highest BCUT2D eigenvalue weighted by Crippen LogP contribution is 2.34. The molecule has 0 bridgehead atoms. The van der Waals surface area contributed by atoms with E-state index in [0.717, 1.165) is 43.6 Å². The fourth-order valence-corrected chi connectivity index (χ4v) is 6.71.